The fourth-order valence-corrected chi connectivity index (χ4v) is 3.27. The molecule has 0 spiro atoms. The maximum Gasteiger partial charge on any atom is 0.317 e. The van der Waals surface area contributed by atoms with Crippen LogP contribution in [0.3, 0.4) is 0 Å². The summed E-state index contributed by atoms with van der Waals surface area (Å²) in [4.78, 5) is 28.3. The van der Waals surface area contributed by atoms with Crippen LogP contribution < -0.4 is 20.3 Å². The first-order valence-corrected chi connectivity index (χ1v) is 10.5. The van der Waals surface area contributed by atoms with Crippen LogP contribution in [-0.4, -0.2) is 56.2 Å². The van der Waals surface area contributed by atoms with E-state index in [2.05, 4.69) is 22.5 Å². The maximum atomic E-state index is 12.2. The summed E-state index contributed by atoms with van der Waals surface area (Å²) in [6.07, 6.45) is 2.08. The molecule has 3 amide bonds. The van der Waals surface area contributed by atoms with Crippen LogP contribution in [0.4, 0.5) is 16.2 Å². The van der Waals surface area contributed by atoms with Crippen molar-refractivity contribution >= 4 is 23.3 Å². The highest BCUT2D eigenvalue weighted by molar-refractivity contribution is 5.92. The van der Waals surface area contributed by atoms with Crippen molar-refractivity contribution in [2.45, 2.75) is 19.8 Å². The molecule has 2 aromatic carbocycles. The van der Waals surface area contributed by atoms with E-state index >= 15 is 0 Å². The average molecular weight is 411 g/mol. The predicted octanol–water partition coefficient (Wildman–Crippen LogP) is 3.34. The second kappa shape index (κ2) is 11.1. The standard InChI is InChI=1S/C23H30N4O3/c1-2-3-13-24-23(29)27-16-14-26(15-17-27)20-11-9-19(10-12-20)25-22(28)18-30-21-7-5-4-6-8-21/h4-12H,2-3,13-18H2,1H3,(H,24,29)(H,25,28). The van der Waals surface area contributed by atoms with E-state index in [0.29, 0.717) is 18.8 Å². The Hall–Kier alpha value is -3.22. The minimum absolute atomic E-state index is 0.0267. The number of hydrogen-bond acceptors (Lipinski definition) is 4. The Bertz CT molecular complexity index is 803. The van der Waals surface area contributed by atoms with E-state index in [4.69, 9.17) is 4.74 Å². The molecule has 1 heterocycles. The molecular formula is C23H30N4O3. The Balaban J connectivity index is 1.42. The maximum absolute atomic E-state index is 12.2. The normalized spacial score (nSPS) is 13.6. The molecule has 1 saturated heterocycles. The summed E-state index contributed by atoms with van der Waals surface area (Å²) in [6, 6.07) is 17.0. The highest BCUT2D eigenvalue weighted by Gasteiger charge is 2.20. The number of piperazine rings is 1. The zero-order chi connectivity index (χ0) is 21.2. The van der Waals surface area contributed by atoms with Gasteiger partial charge in [0, 0.05) is 44.1 Å². The van der Waals surface area contributed by atoms with Gasteiger partial charge < -0.3 is 25.2 Å². The lowest BCUT2D eigenvalue weighted by atomic mass is 10.2. The smallest absolute Gasteiger partial charge is 0.317 e. The van der Waals surface area contributed by atoms with Crippen molar-refractivity contribution in [2.24, 2.45) is 0 Å². The number of nitrogens with one attached hydrogen (secondary N) is 2. The minimum Gasteiger partial charge on any atom is -0.484 e. The topological polar surface area (TPSA) is 73.9 Å². The first kappa shape index (κ1) is 21.5. The number of hydrogen-bond donors (Lipinski definition) is 2. The number of carbonyl (C=O) groups is 2. The second-order valence-electron chi connectivity index (χ2n) is 7.26. The van der Waals surface area contributed by atoms with Crippen LogP contribution >= 0.6 is 0 Å². The third-order valence-corrected chi connectivity index (χ3v) is 5.00. The van der Waals surface area contributed by atoms with Crippen LogP contribution in [0.5, 0.6) is 5.75 Å². The van der Waals surface area contributed by atoms with E-state index < -0.39 is 0 Å². The minimum atomic E-state index is -0.200. The van der Waals surface area contributed by atoms with Gasteiger partial charge in [-0.3, -0.25) is 4.79 Å². The summed E-state index contributed by atoms with van der Waals surface area (Å²) in [5.74, 6) is 0.468. The van der Waals surface area contributed by atoms with E-state index in [9.17, 15) is 9.59 Å². The molecule has 3 rings (SSSR count). The largest absolute Gasteiger partial charge is 0.484 e. The predicted molar refractivity (Wildman–Crippen MR) is 119 cm³/mol. The molecule has 0 radical (unpaired) electrons. The number of benzene rings is 2. The summed E-state index contributed by atoms with van der Waals surface area (Å²) >= 11 is 0. The van der Waals surface area contributed by atoms with Gasteiger partial charge in [-0.05, 0) is 42.8 Å². The molecule has 1 fully saturated rings. The van der Waals surface area contributed by atoms with Gasteiger partial charge in [-0.25, -0.2) is 4.79 Å². The fourth-order valence-electron chi connectivity index (χ4n) is 3.27. The molecule has 1 aliphatic heterocycles. The molecule has 0 saturated carbocycles. The molecule has 0 bridgehead atoms. The zero-order valence-electron chi connectivity index (χ0n) is 17.5. The molecule has 30 heavy (non-hydrogen) atoms. The third-order valence-electron chi connectivity index (χ3n) is 5.00. The van der Waals surface area contributed by atoms with Crippen molar-refractivity contribution < 1.29 is 14.3 Å². The van der Waals surface area contributed by atoms with E-state index in [1.807, 2.05) is 59.5 Å². The lowest BCUT2D eigenvalue weighted by Crippen LogP contribution is -2.52. The van der Waals surface area contributed by atoms with Crippen molar-refractivity contribution in [1.29, 1.82) is 0 Å². The molecule has 0 atom stereocenters. The van der Waals surface area contributed by atoms with Crippen LogP contribution in [0.15, 0.2) is 54.6 Å². The first-order valence-electron chi connectivity index (χ1n) is 10.5. The van der Waals surface area contributed by atoms with Crippen LogP contribution in [0.1, 0.15) is 19.8 Å². The zero-order valence-corrected chi connectivity index (χ0v) is 17.5. The molecule has 0 aromatic heterocycles. The Morgan fingerprint density at radius 1 is 0.967 bits per heavy atom. The van der Waals surface area contributed by atoms with E-state index in [-0.39, 0.29) is 18.5 Å². The van der Waals surface area contributed by atoms with Crippen molar-refractivity contribution in [3.8, 4) is 5.75 Å². The number of anilines is 2. The lowest BCUT2D eigenvalue weighted by Gasteiger charge is -2.36. The Kier molecular flexibility index (Phi) is 7.94. The summed E-state index contributed by atoms with van der Waals surface area (Å²) in [5, 5.41) is 5.82. The van der Waals surface area contributed by atoms with Gasteiger partial charge in [0.25, 0.3) is 5.91 Å². The van der Waals surface area contributed by atoms with Crippen LogP contribution in [0, 0.1) is 0 Å². The van der Waals surface area contributed by atoms with Gasteiger partial charge in [-0.15, -0.1) is 0 Å². The quantitative estimate of drug-likeness (QED) is 0.655. The molecule has 0 aliphatic carbocycles. The second-order valence-corrected chi connectivity index (χ2v) is 7.26. The van der Waals surface area contributed by atoms with Gasteiger partial charge in [-0.2, -0.15) is 0 Å². The number of unbranched alkanes of at least 4 members (excludes halogenated alkanes) is 1. The first-order chi connectivity index (χ1) is 14.7. The van der Waals surface area contributed by atoms with E-state index in [1.165, 1.54) is 0 Å². The molecule has 1 aliphatic rings. The lowest BCUT2D eigenvalue weighted by molar-refractivity contribution is -0.118. The molecule has 2 N–H and O–H groups in total. The van der Waals surface area contributed by atoms with Gasteiger partial charge in [0.2, 0.25) is 0 Å². The summed E-state index contributed by atoms with van der Waals surface area (Å²) in [7, 11) is 0. The van der Waals surface area contributed by atoms with Crippen LogP contribution in [0.25, 0.3) is 0 Å². The number of nitrogens with zero attached hydrogens (tertiary/aromatic N) is 2. The SMILES string of the molecule is CCCCNC(=O)N1CCN(c2ccc(NC(=O)COc3ccccc3)cc2)CC1. The Morgan fingerprint density at radius 2 is 1.67 bits per heavy atom. The van der Waals surface area contributed by atoms with Crippen LogP contribution in [0.2, 0.25) is 0 Å². The number of ether oxygens (including phenoxy) is 1. The van der Waals surface area contributed by atoms with Gasteiger partial charge in [0.1, 0.15) is 5.75 Å². The summed E-state index contributed by atoms with van der Waals surface area (Å²) < 4.78 is 5.46. The highest BCUT2D eigenvalue weighted by atomic mass is 16.5. The van der Waals surface area contributed by atoms with Crippen molar-refractivity contribution in [3.05, 3.63) is 54.6 Å². The van der Waals surface area contributed by atoms with E-state index in [0.717, 1.165) is 43.9 Å². The van der Waals surface area contributed by atoms with Crippen LogP contribution in [-0.2, 0) is 4.79 Å². The molecule has 160 valence electrons. The highest BCUT2D eigenvalue weighted by Crippen LogP contribution is 2.20. The average Bonchev–Trinajstić information content (AvgIpc) is 2.79. The number of urea groups is 1. The molecule has 7 nitrogen and oxygen atoms in total. The number of amides is 3. The number of carbonyl (C=O) groups excluding carboxylic acids is 2. The molecule has 0 unspecified atom stereocenters. The Morgan fingerprint density at radius 3 is 2.33 bits per heavy atom. The Labute approximate surface area is 178 Å². The monoisotopic (exact) mass is 410 g/mol. The van der Waals surface area contributed by atoms with E-state index in [1.54, 1.807) is 0 Å². The number of rotatable bonds is 8. The molecule has 2 aromatic rings. The van der Waals surface area contributed by atoms with Gasteiger partial charge in [-0.1, -0.05) is 31.5 Å². The van der Waals surface area contributed by atoms with Gasteiger partial charge >= 0.3 is 6.03 Å². The number of para-hydroxylation sites is 1. The third kappa shape index (κ3) is 6.40. The van der Waals surface area contributed by atoms with Crippen molar-refractivity contribution in [2.75, 3.05) is 49.5 Å². The fraction of sp³-hybridized carbons (Fsp3) is 0.391. The van der Waals surface area contributed by atoms with Crippen molar-refractivity contribution in [3.63, 3.8) is 0 Å². The van der Waals surface area contributed by atoms with Gasteiger partial charge in [0.15, 0.2) is 6.61 Å². The summed E-state index contributed by atoms with van der Waals surface area (Å²) in [6.45, 7) is 5.80. The molecular weight excluding hydrogens is 380 g/mol. The van der Waals surface area contributed by atoms with Crippen molar-refractivity contribution in [1.82, 2.24) is 10.2 Å². The molecule has 7 heteroatoms. The summed E-state index contributed by atoms with van der Waals surface area (Å²) in [5.41, 5.74) is 1.81. The van der Waals surface area contributed by atoms with Gasteiger partial charge in [0.05, 0.1) is 0 Å².